The monoisotopic (exact) mass is 267 g/mol. The molecule has 0 aliphatic heterocycles. The summed E-state index contributed by atoms with van der Waals surface area (Å²) < 4.78 is 5.34. The van der Waals surface area contributed by atoms with Crippen molar-refractivity contribution in [2.45, 2.75) is 6.92 Å². The van der Waals surface area contributed by atoms with Gasteiger partial charge in [0.05, 0.1) is 17.3 Å². The van der Waals surface area contributed by atoms with Crippen LogP contribution in [0.15, 0.2) is 47.1 Å². The predicted octanol–water partition coefficient (Wildman–Crippen LogP) is 2.41. The maximum absolute atomic E-state index is 12.0. The van der Waals surface area contributed by atoms with Gasteiger partial charge in [-0.15, -0.1) is 0 Å². The fourth-order valence-electron chi connectivity index (χ4n) is 2.16. The summed E-state index contributed by atoms with van der Waals surface area (Å²) in [7, 11) is 0. The van der Waals surface area contributed by atoms with Crippen molar-refractivity contribution in [3.8, 4) is 11.5 Å². The van der Waals surface area contributed by atoms with Gasteiger partial charge in [-0.25, -0.2) is 10.8 Å². The molecule has 0 aliphatic rings. The van der Waals surface area contributed by atoms with Gasteiger partial charge in [0.1, 0.15) is 5.69 Å². The Hall–Kier alpha value is -2.66. The first-order chi connectivity index (χ1) is 9.69. The Morgan fingerprint density at radius 1 is 1.30 bits per heavy atom. The van der Waals surface area contributed by atoms with E-state index in [2.05, 4.69) is 10.4 Å². The van der Waals surface area contributed by atoms with Gasteiger partial charge in [-0.2, -0.15) is 0 Å². The average molecular weight is 267 g/mol. The van der Waals surface area contributed by atoms with Crippen LogP contribution in [0, 0.1) is 6.92 Å². The SMILES string of the molecule is Cc1ccc2nc(-c3ccco3)cc(C(=O)NN)c2c1. The van der Waals surface area contributed by atoms with E-state index in [1.54, 1.807) is 24.5 Å². The van der Waals surface area contributed by atoms with E-state index in [9.17, 15) is 4.79 Å². The molecule has 2 aromatic heterocycles. The summed E-state index contributed by atoms with van der Waals surface area (Å²) in [6, 6.07) is 11.0. The quantitative estimate of drug-likeness (QED) is 0.424. The number of fused-ring (bicyclic) bond motifs is 1. The normalized spacial score (nSPS) is 10.7. The molecule has 0 saturated heterocycles. The lowest BCUT2D eigenvalue weighted by molar-refractivity contribution is 0.0955. The molecule has 2 heterocycles. The molecule has 0 spiro atoms. The van der Waals surface area contributed by atoms with E-state index in [1.165, 1.54) is 0 Å². The molecule has 3 rings (SSSR count). The highest BCUT2D eigenvalue weighted by molar-refractivity contribution is 6.07. The van der Waals surface area contributed by atoms with E-state index < -0.39 is 0 Å². The number of nitrogens with one attached hydrogen (secondary N) is 1. The number of amides is 1. The van der Waals surface area contributed by atoms with Gasteiger partial charge in [0.2, 0.25) is 0 Å². The number of hydrogen-bond donors (Lipinski definition) is 2. The Morgan fingerprint density at radius 3 is 2.85 bits per heavy atom. The van der Waals surface area contributed by atoms with Crippen LogP contribution in [-0.2, 0) is 0 Å². The third kappa shape index (κ3) is 2.04. The van der Waals surface area contributed by atoms with Crippen molar-refractivity contribution >= 4 is 16.8 Å². The highest BCUT2D eigenvalue weighted by Gasteiger charge is 2.14. The van der Waals surface area contributed by atoms with Gasteiger partial charge < -0.3 is 4.42 Å². The van der Waals surface area contributed by atoms with E-state index in [-0.39, 0.29) is 5.91 Å². The Labute approximate surface area is 115 Å². The molecule has 0 saturated carbocycles. The predicted molar refractivity (Wildman–Crippen MR) is 75.8 cm³/mol. The van der Waals surface area contributed by atoms with Crippen LogP contribution in [0.4, 0.5) is 0 Å². The summed E-state index contributed by atoms with van der Waals surface area (Å²) in [5, 5.41) is 0.767. The Kier molecular flexibility index (Phi) is 2.96. The van der Waals surface area contributed by atoms with Gasteiger partial charge in [-0.3, -0.25) is 10.2 Å². The topological polar surface area (TPSA) is 81.2 Å². The van der Waals surface area contributed by atoms with Crippen molar-refractivity contribution in [3.05, 3.63) is 53.8 Å². The minimum absolute atomic E-state index is 0.351. The fourth-order valence-corrected chi connectivity index (χ4v) is 2.16. The maximum atomic E-state index is 12.0. The smallest absolute Gasteiger partial charge is 0.265 e. The lowest BCUT2D eigenvalue weighted by Crippen LogP contribution is -2.30. The standard InChI is InChI=1S/C15H13N3O2/c1-9-4-5-12-10(7-9)11(15(19)18-16)8-13(17-12)14-3-2-6-20-14/h2-8H,16H2,1H3,(H,18,19). The molecule has 0 fully saturated rings. The van der Waals surface area contributed by atoms with Crippen LogP contribution < -0.4 is 11.3 Å². The van der Waals surface area contributed by atoms with Crippen LogP contribution in [0.25, 0.3) is 22.4 Å². The summed E-state index contributed by atoms with van der Waals surface area (Å²) in [4.78, 5) is 16.5. The van der Waals surface area contributed by atoms with E-state index in [4.69, 9.17) is 10.3 Å². The number of carbonyl (C=O) groups is 1. The summed E-state index contributed by atoms with van der Waals surface area (Å²) in [5.74, 6) is 5.52. The molecule has 1 amide bonds. The molecule has 0 unspecified atom stereocenters. The van der Waals surface area contributed by atoms with Gasteiger partial charge in [-0.05, 0) is 37.3 Å². The first-order valence-corrected chi connectivity index (χ1v) is 6.15. The summed E-state index contributed by atoms with van der Waals surface area (Å²) in [6.45, 7) is 1.96. The van der Waals surface area contributed by atoms with Gasteiger partial charge in [0.25, 0.3) is 5.91 Å². The molecule has 3 N–H and O–H groups in total. The average Bonchev–Trinajstić information content (AvgIpc) is 2.99. The van der Waals surface area contributed by atoms with Crippen molar-refractivity contribution in [1.82, 2.24) is 10.4 Å². The molecular formula is C15H13N3O2. The van der Waals surface area contributed by atoms with Gasteiger partial charge in [-0.1, -0.05) is 11.6 Å². The number of aryl methyl sites for hydroxylation is 1. The molecule has 5 heteroatoms. The zero-order valence-electron chi connectivity index (χ0n) is 10.9. The van der Waals surface area contributed by atoms with E-state index in [0.717, 1.165) is 16.5 Å². The number of pyridine rings is 1. The zero-order chi connectivity index (χ0) is 14.1. The molecule has 5 nitrogen and oxygen atoms in total. The van der Waals surface area contributed by atoms with Crippen LogP contribution in [0.5, 0.6) is 0 Å². The number of furan rings is 1. The van der Waals surface area contributed by atoms with Crippen LogP contribution in [0.1, 0.15) is 15.9 Å². The van der Waals surface area contributed by atoms with Gasteiger partial charge >= 0.3 is 0 Å². The maximum Gasteiger partial charge on any atom is 0.265 e. The number of aromatic nitrogens is 1. The third-order valence-electron chi connectivity index (χ3n) is 3.11. The molecule has 3 aromatic rings. The third-order valence-corrected chi connectivity index (χ3v) is 3.11. The first kappa shape index (κ1) is 12.4. The van der Waals surface area contributed by atoms with Crippen molar-refractivity contribution in [2.75, 3.05) is 0 Å². The lowest BCUT2D eigenvalue weighted by Gasteiger charge is -2.08. The molecule has 0 aliphatic carbocycles. The van der Waals surface area contributed by atoms with E-state index in [0.29, 0.717) is 17.0 Å². The van der Waals surface area contributed by atoms with Gasteiger partial charge in [0, 0.05) is 5.39 Å². The van der Waals surface area contributed by atoms with E-state index in [1.807, 2.05) is 25.1 Å². The second-order valence-electron chi connectivity index (χ2n) is 4.53. The minimum Gasteiger partial charge on any atom is -0.463 e. The Bertz CT molecular complexity index is 779. The molecule has 100 valence electrons. The number of nitrogens with zero attached hydrogens (tertiary/aromatic N) is 1. The number of carbonyl (C=O) groups excluding carboxylic acids is 1. The number of hydrazine groups is 1. The number of nitrogens with two attached hydrogens (primary N) is 1. The summed E-state index contributed by atoms with van der Waals surface area (Å²) in [6.07, 6.45) is 1.57. The van der Waals surface area contributed by atoms with Crippen LogP contribution in [0.3, 0.4) is 0 Å². The molecule has 0 atom stereocenters. The summed E-state index contributed by atoms with van der Waals surface area (Å²) >= 11 is 0. The Morgan fingerprint density at radius 2 is 2.15 bits per heavy atom. The summed E-state index contributed by atoms with van der Waals surface area (Å²) in [5.41, 5.74) is 5.03. The molecule has 20 heavy (non-hydrogen) atoms. The minimum atomic E-state index is -0.351. The van der Waals surface area contributed by atoms with Gasteiger partial charge in [0.15, 0.2) is 5.76 Å². The van der Waals surface area contributed by atoms with Crippen molar-refractivity contribution in [3.63, 3.8) is 0 Å². The first-order valence-electron chi connectivity index (χ1n) is 6.15. The van der Waals surface area contributed by atoms with Crippen LogP contribution >= 0.6 is 0 Å². The van der Waals surface area contributed by atoms with Crippen LogP contribution in [0.2, 0.25) is 0 Å². The number of benzene rings is 1. The highest BCUT2D eigenvalue weighted by atomic mass is 16.3. The molecule has 0 radical (unpaired) electrons. The molecule has 1 aromatic carbocycles. The van der Waals surface area contributed by atoms with Crippen molar-refractivity contribution in [1.29, 1.82) is 0 Å². The number of hydrogen-bond acceptors (Lipinski definition) is 4. The van der Waals surface area contributed by atoms with Crippen molar-refractivity contribution < 1.29 is 9.21 Å². The number of nitrogen functional groups attached to an aromatic ring is 1. The fraction of sp³-hybridized carbons (Fsp3) is 0.0667. The Balaban J connectivity index is 2.31. The number of rotatable bonds is 2. The second kappa shape index (κ2) is 4.79. The van der Waals surface area contributed by atoms with Crippen molar-refractivity contribution in [2.24, 2.45) is 5.84 Å². The second-order valence-corrected chi connectivity index (χ2v) is 4.53. The van der Waals surface area contributed by atoms with E-state index >= 15 is 0 Å². The highest BCUT2D eigenvalue weighted by Crippen LogP contribution is 2.25. The lowest BCUT2D eigenvalue weighted by atomic mass is 10.0. The molecule has 0 bridgehead atoms. The molecular weight excluding hydrogens is 254 g/mol. The zero-order valence-corrected chi connectivity index (χ0v) is 10.9. The van der Waals surface area contributed by atoms with Crippen LogP contribution in [-0.4, -0.2) is 10.9 Å². The largest absolute Gasteiger partial charge is 0.463 e.